The molecule has 6 nitrogen and oxygen atoms in total. The van der Waals surface area contributed by atoms with Crippen molar-refractivity contribution >= 4 is 28.2 Å². The molecule has 0 aromatic heterocycles. The van der Waals surface area contributed by atoms with Crippen LogP contribution in [0.4, 0.5) is 0 Å². The lowest BCUT2D eigenvalue weighted by molar-refractivity contribution is 0.478. The molecular formula is C13H29O6PS2. The summed E-state index contributed by atoms with van der Waals surface area (Å²) in [5.41, 5.74) is 0. The highest BCUT2D eigenvalue weighted by Gasteiger charge is 2.09. The van der Waals surface area contributed by atoms with Crippen LogP contribution in [-0.4, -0.2) is 55.9 Å². The van der Waals surface area contributed by atoms with E-state index in [4.69, 9.17) is 9.11 Å². The first-order chi connectivity index (χ1) is 10.1. The molecule has 0 heterocycles. The summed E-state index contributed by atoms with van der Waals surface area (Å²) in [5.74, 6) is -0.317. The van der Waals surface area contributed by atoms with Crippen LogP contribution in [0.1, 0.15) is 51.9 Å². The lowest BCUT2D eigenvalue weighted by Gasteiger charge is -2.16. The Morgan fingerprint density at radius 1 is 0.682 bits per heavy atom. The lowest BCUT2D eigenvalue weighted by Crippen LogP contribution is -2.04. The van der Waals surface area contributed by atoms with Gasteiger partial charge in [-0.3, -0.25) is 9.11 Å². The monoisotopic (exact) mass is 376 g/mol. The SMILES string of the molecule is CCCP(CCCCCS(=O)(=O)O)CCCCCS(=O)(=O)O. The Kier molecular flexibility index (Phi) is 11.9. The first-order valence-corrected chi connectivity index (χ1v) is 12.9. The van der Waals surface area contributed by atoms with Crippen LogP contribution >= 0.6 is 7.92 Å². The zero-order chi connectivity index (χ0) is 17.1. The summed E-state index contributed by atoms with van der Waals surface area (Å²) in [6, 6.07) is 0. The minimum atomic E-state index is -3.83. The number of rotatable bonds is 14. The smallest absolute Gasteiger partial charge is 0.264 e. The van der Waals surface area contributed by atoms with Gasteiger partial charge in [-0.05, 0) is 44.2 Å². The molecule has 0 aliphatic heterocycles. The predicted molar refractivity (Wildman–Crippen MR) is 92.3 cm³/mol. The van der Waals surface area contributed by atoms with E-state index in [9.17, 15) is 16.8 Å². The third-order valence-electron chi connectivity index (χ3n) is 3.29. The molecule has 22 heavy (non-hydrogen) atoms. The van der Waals surface area contributed by atoms with Gasteiger partial charge in [-0.2, -0.15) is 16.8 Å². The maximum Gasteiger partial charge on any atom is 0.264 e. The van der Waals surface area contributed by atoms with Gasteiger partial charge in [0, 0.05) is 0 Å². The van der Waals surface area contributed by atoms with Gasteiger partial charge in [-0.25, -0.2) is 0 Å². The van der Waals surface area contributed by atoms with E-state index in [2.05, 4.69) is 6.92 Å². The van der Waals surface area contributed by atoms with Crippen LogP contribution in [0, 0.1) is 0 Å². The van der Waals surface area contributed by atoms with Crippen LogP contribution in [0.15, 0.2) is 0 Å². The molecule has 0 aliphatic rings. The fraction of sp³-hybridized carbons (Fsp3) is 1.00. The molecule has 0 aliphatic carbocycles. The second-order valence-corrected chi connectivity index (χ2v) is 11.4. The molecule has 0 rings (SSSR count). The Bertz CT molecular complexity index is 433. The zero-order valence-corrected chi connectivity index (χ0v) is 15.8. The van der Waals surface area contributed by atoms with Crippen LogP contribution in [0.2, 0.25) is 0 Å². The summed E-state index contributed by atoms with van der Waals surface area (Å²) in [6.07, 6.45) is 9.10. The van der Waals surface area contributed by atoms with Gasteiger partial charge in [-0.1, -0.05) is 26.2 Å². The van der Waals surface area contributed by atoms with Gasteiger partial charge in [-0.15, -0.1) is 7.92 Å². The first-order valence-electron chi connectivity index (χ1n) is 7.76. The van der Waals surface area contributed by atoms with Crippen LogP contribution in [-0.2, 0) is 20.2 Å². The summed E-state index contributed by atoms with van der Waals surface area (Å²) in [6.45, 7) is 2.14. The number of unbranched alkanes of at least 4 members (excludes halogenated alkanes) is 4. The highest BCUT2D eigenvalue weighted by atomic mass is 32.2. The van der Waals surface area contributed by atoms with E-state index in [1.807, 2.05) is 0 Å². The highest BCUT2D eigenvalue weighted by molar-refractivity contribution is 7.86. The van der Waals surface area contributed by atoms with E-state index in [1.165, 1.54) is 6.16 Å². The third kappa shape index (κ3) is 16.6. The summed E-state index contributed by atoms with van der Waals surface area (Å²) in [5, 5.41) is 0. The average molecular weight is 376 g/mol. The quantitative estimate of drug-likeness (QED) is 0.274. The Balaban J connectivity index is 3.77. The third-order valence-corrected chi connectivity index (χ3v) is 7.88. The topological polar surface area (TPSA) is 109 Å². The normalized spacial score (nSPS) is 12.9. The zero-order valence-electron chi connectivity index (χ0n) is 13.3. The van der Waals surface area contributed by atoms with E-state index in [0.29, 0.717) is 12.8 Å². The second kappa shape index (κ2) is 11.7. The number of hydrogen-bond acceptors (Lipinski definition) is 4. The van der Waals surface area contributed by atoms with Crippen molar-refractivity contribution in [2.45, 2.75) is 51.9 Å². The van der Waals surface area contributed by atoms with Crippen LogP contribution in [0.25, 0.3) is 0 Å². The average Bonchev–Trinajstić information content (AvgIpc) is 2.35. The van der Waals surface area contributed by atoms with Gasteiger partial charge in [0.05, 0.1) is 11.5 Å². The van der Waals surface area contributed by atoms with Crippen LogP contribution < -0.4 is 0 Å². The van der Waals surface area contributed by atoms with Crippen molar-refractivity contribution in [1.29, 1.82) is 0 Å². The second-order valence-electron chi connectivity index (χ2n) is 5.54. The van der Waals surface area contributed by atoms with Gasteiger partial charge in [0.2, 0.25) is 0 Å². The Morgan fingerprint density at radius 3 is 1.41 bits per heavy atom. The molecule has 0 spiro atoms. The maximum atomic E-state index is 10.6. The summed E-state index contributed by atoms with van der Waals surface area (Å²) >= 11 is 0. The van der Waals surface area contributed by atoms with Gasteiger partial charge in [0.25, 0.3) is 20.2 Å². The largest absolute Gasteiger partial charge is 0.286 e. The van der Waals surface area contributed by atoms with E-state index in [1.54, 1.807) is 0 Å². The Morgan fingerprint density at radius 2 is 1.09 bits per heavy atom. The number of hydrogen-bond donors (Lipinski definition) is 2. The molecule has 0 radical (unpaired) electrons. The van der Waals surface area contributed by atoms with Crippen molar-refractivity contribution in [3.05, 3.63) is 0 Å². The molecule has 0 unspecified atom stereocenters. The fourth-order valence-electron chi connectivity index (χ4n) is 2.24. The Hall–Kier alpha value is 0.250. The van der Waals surface area contributed by atoms with Crippen molar-refractivity contribution < 1.29 is 25.9 Å². The lowest BCUT2D eigenvalue weighted by atomic mass is 10.3. The summed E-state index contributed by atoms with van der Waals surface area (Å²) in [7, 11) is -7.74. The molecule has 0 aromatic rings. The predicted octanol–water partition coefficient (Wildman–Crippen LogP) is 2.99. The summed E-state index contributed by atoms with van der Waals surface area (Å²) in [4.78, 5) is 0. The molecule has 0 fully saturated rings. The van der Waals surface area contributed by atoms with Gasteiger partial charge in [0.15, 0.2) is 0 Å². The molecule has 0 saturated heterocycles. The van der Waals surface area contributed by atoms with Gasteiger partial charge in [0.1, 0.15) is 0 Å². The van der Waals surface area contributed by atoms with E-state index in [-0.39, 0.29) is 19.4 Å². The minimum absolute atomic E-state index is 0.0741. The van der Waals surface area contributed by atoms with E-state index in [0.717, 1.165) is 44.4 Å². The molecular weight excluding hydrogens is 347 g/mol. The molecule has 2 N–H and O–H groups in total. The molecule has 0 aromatic carbocycles. The standard InChI is InChI=1S/C13H29O6PS2/c1-2-9-20(10-5-3-7-12-21(14,15)16)11-6-4-8-13-22(17,18)19/h2-13H2,1H3,(H,14,15,16)(H,17,18,19). The van der Waals surface area contributed by atoms with Crippen molar-refractivity contribution in [1.82, 2.24) is 0 Å². The van der Waals surface area contributed by atoms with E-state index < -0.39 is 20.2 Å². The van der Waals surface area contributed by atoms with Crippen LogP contribution in [0.5, 0.6) is 0 Å². The van der Waals surface area contributed by atoms with Crippen molar-refractivity contribution in [2.24, 2.45) is 0 Å². The van der Waals surface area contributed by atoms with E-state index >= 15 is 0 Å². The Labute approximate surface area is 136 Å². The minimum Gasteiger partial charge on any atom is -0.286 e. The maximum absolute atomic E-state index is 10.6. The summed E-state index contributed by atoms with van der Waals surface area (Å²) < 4.78 is 59.7. The first kappa shape index (κ1) is 22.2. The molecule has 0 bridgehead atoms. The van der Waals surface area contributed by atoms with Gasteiger partial charge >= 0.3 is 0 Å². The highest BCUT2D eigenvalue weighted by Crippen LogP contribution is 2.38. The molecule has 9 heteroatoms. The molecule has 0 saturated carbocycles. The van der Waals surface area contributed by atoms with Crippen LogP contribution in [0.3, 0.4) is 0 Å². The molecule has 134 valence electrons. The van der Waals surface area contributed by atoms with Crippen molar-refractivity contribution in [3.63, 3.8) is 0 Å². The van der Waals surface area contributed by atoms with Crippen molar-refractivity contribution in [2.75, 3.05) is 30.0 Å². The molecule has 0 atom stereocenters. The fourth-order valence-corrected chi connectivity index (χ4v) is 6.03. The van der Waals surface area contributed by atoms with Crippen molar-refractivity contribution in [3.8, 4) is 0 Å². The molecule has 0 amide bonds. The van der Waals surface area contributed by atoms with Gasteiger partial charge < -0.3 is 0 Å².